The molecule has 2 heterocycles. The monoisotopic (exact) mass is 728 g/mol. The summed E-state index contributed by atoms with van der Waals surface area (Å²) >= 11 is 1.92. The van der Waals surface area contributed by atoms with E-state index in [2.05, 4.69) is 188 Å². The van der Waals surface area contributed by atoms with Crippen molar-refractivity contribution in [2.24, 2.45) is 0 Å². The van der Waals surface area contributed by atoms with Crippen LogP contribution in [-0.4, -0.2) is 9.97 Å². The Morgan fingerprint density at radius 3 is 1.88 bits per heavy atom. The van der Waals surface area contributed by atoms with E-state index >= 15 is 0 Å². The second-order valence-electron chi connectivity index (χ2n) is 14.8. The van der Waals surface area contributed by atoms with Gasteiger partial charge >= 0.3 is 0 Å². The molecule has 0 saturated heterocycles. The fourth-order valence-corrected chi connectivity index (χ4v) is 10.9. The van der Waals surface area contributed by atoms with E-state index in [9.17, 15) is 0 Å². The number of aromatic nitrogens is 2. The molecule has 0 bridgehead atoms. The molecule has 12 rings (SSSR count). The summed E-state index contributed by atoms with van der Waals surface area (Å²) in [6, 6.07) is 70.5. The molecule has 1 unspecified atom stereocenters. The van der Waals surface area contributed by atoms with Crippen LogP contribution in [-0.2, 0) is 5.41 Å². The molecular formula is C53H32N2S. The van der Waals surface area contributed by atoms with E-state index in [-0.39, 0.29) is 0 Å². The molecule has 0 radical (unpaired) electrons. The summed E-state index contributed by atoms with van der Waals surface area (Å²) in [5.74, 6) is 0.711. The van der Waals surface area contributed by atoms with Gasteiger partial charge in [-0.05, 0) is 84.4 Å². The van der Waals surface area contributed by atoms with Crippen molar-refractivity contribution in [3.8, 4) is 66.6 Å². The fraction of sp³-hybridized carbons (Fsp3) is 0.0189. The van der Waals surface area contributed by atoms with Gasteiger partial charge in [0.15, 0.2) is 5.82 Å². The van der Waals surface area contributed by atoms with E-state index in [0.29, 0.717) is 5.82 Å². The second kappa shape index (κ2) is 12.0. The molecule has 260 valence electrons. The molecule has 10 aromatic rings. The Labute approximate surface area is 329 Å². The Hall–Kier alpha value is -6.94. The first-order chi connectivity index (χ1) is 27.8. The van der Waals surface area contributed by atoms with E-state index in [1.54, 1.807) is 0 Å². The number of hydrogen-bond donors (Lipinski definition) is 0. The number of hydrogen-bond acceptors (Lipinski definition) is 3. The maximum atomic E-state index is 5.33. The number of benzene rings is 8. The van der Waals surface area contributed by atoms with E-state index in [0.717, 1.165) is 33.6 Å². The van der Waals surface area contributed by atoms with Gasteiger partial charge in [-0.1, -0.05) is 176 Å². The average Bonchev–Trinajstić information content (AvgIpc) is 3.90. The van der Waals surface area contributed by atoms with E-state index < -0.39 is 5.41 Å². The zero-order valence-electron chi connectivity index (χ0n) is 30.3. The van der Waals surface area contributed by atoms with E-state index in [1.165, 1.54) is 70.2 Å². The molecule has 0 fully saturated rings. The van der Waals surface area contributed by atoms with Gasteiger partial charge in [0.2, 0.25) is 0 Å². The van der Waals surface area contributed by atoms with Crippen molar-refractivity contribution in [3.63, 3.8) is 0 Å². The van der Waals surface area contributed by atoms with Gasteiger partial charge in [-0.15, -0.1) is 11.3 Å². The molecule has 2 aromatic heterocycles. The highest BCUT2D eigenvalue weighted by atomic mass is 32.1. The third-order valence-electron chi connectivity index (χ3n) is 11.9. The minimum absolute atomic E-state index is 0.430. The van der Waals surface area contributed by atoms with Gasteiger partial charge in [0.05, 0.1) is 16.8 Å². The van der Waals surface area contributed by atoms with Crippen LogP contribution in [0.4, 0.5) is 0 Å². The lowest BCUT2D eigenvalue weighted by Gasteiger charge is -2.30. The van der Waals surface area contributed by atoms with Crippen LogP contribution in [0.3, 0.4) is 0 Å². The maximum absolute atomic E-state index is 5.33. The van der Waals surface area contributed by atoms with Crippen LogP contribution in [0, 0.1) is 0 Å². The lowest BCUT2D eigenvalue weighted by Crippen LogP contribution is -2.25. The Bertz CT molecular complexity index is 3210. The molecule has 2 aliphatic rings. The van der Waals surface area contributed by atoms with Crippen LogP contribution < -0.4 is 0 Å². The van der Waals surface area contributed by atoms with Crippen LogP contribution in [0.25, 0.3) is 87.5 Å². The van der Waals surface area contributed by atoms with Crippen LogP contribution in [0.2, 0.25) is 0 Å². The number of thiophene rings is 1. The Kier molecular flexibility index (Phi) is 6.75. The van der Waals surface area contributed by atoms with Crippen molar-refractivity contribution < 1.29 is 0 Å². The van der Waals surface area contributed by atoms with Gasteiger partial charge < -0.3 is 0 Å². The third-order valence-corrected chi connectivity index (χ3v) is 13.1. The molecule has 1 spiro atoms. The van der Waals surface area contributed by atoms with Gasteiger partial charge in [-0.3, -0.25) is 0 Å². The zero-order valence-corrected chi connectivity index (χ0v) is 31.1. The SMILES string of the molecule is c1ccc(-c2nc(-c3ccc4ccccc4c3)cc(-c3ccccc3-c3cccc4c3-c3ccccc3C43c4ccccc4-c4sc5ccccc5c43)n2)cc1. The lowest BCUT2D eigenvalue weighted by atomic mass is 9.70. The predicted octanol–water partition coefficient (Wildman–Crippen LogP) is 13.9. The zero-order chi connectivity index (χ0) is 36.8. The average molecular weight is 729 g/mol. The molecular weight excluding hydrogens is 697 g/mol. The fourth-order valence-electron chi connectivity index (χ4n) is 9.60. The van der Waals surface area contributed by atoms with Crippen LogP contribution in [0.5, 0.6) is 0 Å². The summed E-state index contributed by atoms with van der Waals surface area (Å²) in [7, 11) is 0. The summed E-state index contributed by atoms with van der Waals surface area (Å²) in [4.78, 5) is 11.9. The van der Waals surface area contributed by atoms with E-state index in [1.807, 2.05) is 17.4 Å². The highest BCUT2D eigenvalue weighted by Gasteiger charge is 2.53. The van der Waals surface area contributed by atoms with Gasteiger partial charge in [0.25, 0.3) is 0 Å². The molecule has 2 aliphatic carbocycles. The molecule has 8 aromatic carbocycles. The molecule has 2 nitrogen and oxygen atoms in total. The number of fused-ring (bicyclic) bond motifs is 13. The van der Waals surface area contributed by atoms with Crippen LogP contribution >= 0.6 is 11.3 Å². The largest absolute Gasteiger partial charge is 0.228 e. The Balaban J connectivity index is 1.12. The highest BCUT2D eigenvalue weighted by Crippen LogP contribution is 2.67. The maximum Gasteiger partial charge on any atom is 0.160 e. The molecule has 56 heavy (non-hydrogen) atoms. The number of rotatable bonds is 4. The Morgan fingerprint density at radius 1 is 0.393 bits per heavy atom. The molecule has 3 heteroatoms. The van der Waals surface area contributed by atoms with Gasteiger partial charge in [0, 0.05) is 26.3 Å². The van der Waals surface area contributed by atoms with Crippen molar-refractivity contribution >= 4 is 32.2 Å². The van der Waals surface area contributed by atoms with Crippen molar-refractivity contribution in [2.75, 3.05) is 0 Å². The summed E-state index contributed by atoms with van der Waals surface area (Å²) < 4.78 is 1.33. The number of nitrogens with zero attached hydrogens (tertiary/aromatic N) is 2. The summed E-state index contributed by atoms with van der Waals surface area (Å²) in [6.07, 6.45) is 0. The second-order valence-corrected chi connectivity index (χ2v) is 15.9. The smallest absolute Gasteiger partial charge is 0.160 e. The lowest BCUT2D eigenvalue weighted by molar-refractivity contribution is 0.803. The summed E-state index contributed by atoms with van der Waals surface area (Å²) in [6.45, 7) is 0. The van der Waals surface area contributed by atoms with Crippen LogP contribution in [0.1, 0.15) is 22.3 Å². The van der Waals surface area contributed by atoms with Gasteiger partial charge in [-0.25, -0.2) is 9.97 Å². The first-order valence-corrected chi connectivity index (χ1v) is 20.0. The molecule has 0 N–H and O–H groups in total. The topological polar surface area (TPSA) is 25.8 Å². The first kappa shape index (κ1) is 31.4. The predicted molar refractivity (Wildman–Crippen MR) is 233 cm³/mol. The van der Waals surface area contributed by atoms with Crippen molar-refractivity contribution in [3.05, 3.63) is 216 Å². The quantitative estimate of drug-likeness (QED) is 0.180. The molecule has 0 saturated carbocycles. The van der Waals surface area contributed by atoms with Crippen molar-refractivity contribution in [1.29, 1.82) is 0 Å². The van der Waals surface area contributed by atoms with Crippen molar-refractivity contribution in [1.82, 2.24) is 9.97 Å². The third kappa shape index (κ3) is 4.38. The minimum Gasteiger partial charge on any atom is -0.228 e. The molecule has 0 amide bonds. The van der Waals surface area contributed by atoms with Crippen LogP contribution in [0.15, 0.2) is 194 Å². The highest BCUT2D eigenvalue weighted by molar-refractivity contribution is 7.22. The minimum atomic E-state index is -0.430. The first-order valence-electron chi connectivity index (χ1n) is 19.2. The van der Waals surface area contributed by atoms with Crippen molar-refractivity contribution in [2.45, 2.75) is 5.41 Å². The van der Waals surface area contributed by atoms with E-state index in [4.69, 9.17) is 9.97 Å². The standard InChI is InChI=1S/C53H32N2S/c1-2-16-34(17-3-1)52-54-46(36-30-29-33-15-4-5-18-35(33)31-36)32-47(55-52)38-20-7-6-19-37(38)39-24-14-27-45-49(39)40-21-8-11-25-43(40)53(45)44-26-12-9-22-41(44)51-50(53)42-23-10-13-28-48(42)56-51/h1-32H. The van der Waals surface area contributed by atoms with Gasteiger partial charge in [0.1, 0.15) is 0 Å². The molecule has 0 aliphatic heterocycles. The van der Waals surface area contributed by atoms with Gasteiger partial charge in [-0.2, -0.15) is 0 Å². The molecule has 1 atom stereocenters. The summed E-state index contributed by atoms with van der Waals surface area (Å²) in [5.41, 5.74) is 16.3. The summed E-state index contributed by atoms with van der Waals surface area (Å²) in [5, 5.41) is 3.74. The normalized spacial score (nSPS) is 14.9. The Morgan fingerprint density at radius 2 is 1.02 bits per heavy atom.